The molecule has 1 aromatic rings. The van der Waals surface area contributed by atoms with E-state index in [-0.39, 0.29) is 0 Å². The van der Waals surface area contributed by atoms with Gasteiger partial charge in [0.05, 0.1) is 0 Å². The van der Waals surface area contributed by atoms with Gasteiger partial charge < -0.3 is 10.2 Å². The fourth-order valence-corrected chi connectivity index (χ4v) is 3.38. The van der Waals surface area contributed by atoms with E-state index in [1.54, 1.807) is 0 Å². The fourth-order valence-electron chi connectivity index (χ4n) is 3.38. The second-order valence-electron chi connectivity index (χ2n) is 6.53. The highest BCUT2D eigenvalue weighted by Crippen LogP contribution is 2.21. The molecule has 2 nitrogen and oxygen atoms in total. The van der Waals surface area contributed by atoms with Gasteiger partial charge in [-0.05, 0) is 44.8 Å². The largest absolute Gasteiger partial charge is 0.306 e. The molecule has 1 aromatic carbocycles. The van der Waals surface area contributed by atoms with Crippen LogP contribution in [0.25, 0.3) is 0 Å². The van der Waals surface area contributed by atoms with Crippen LogP contribution in [0.5, 0.6) is 0 Å². The monoisotopic (exact) mass is 288 g/mol. The summed E-state index contributed by atoms with van der Waals surface area (Å²) < 4.78 is 0. The molecule has 0 bridgehead atoms. The summed E-state index contributed by atoms with van der Waals surface area (Å²) in [5.41, 5.74) is 1.45. The summed E-state index contributed by atoms with van der Waals surface area (Å²) >= 11 is 0. The van der Waals surface area contributed by atoms with Gasteiger partial charge in [-0.15, -0.1) is 0 Å². The minimum absolute atomic E-state index is 0.510. The Balaban J connectivity index is 1.87. The van der Waals surface area contributed by atoms with Crippen molar-refractivity contribution in [2.75, 3.05) is 19.6 Å². The minimum atomic E-state index is 0.510. The first-order valence-electron chi connectivity index (χ1n) is 8.83. The normalized spacial score (nSPS) is 18.8. The molecule has 0 saturated carbocycles. The van der Waals surface area contributed by atoms with E-state index in [1.165, 1.54) is 63.7 Å². The van der Waals surface area contributed by atoms with Crippen LogP contribution in [0, 0.1) is 0 Å². The Morgan fingerprint density at radius 2 is 1.81 bits per heavy atom. The van der Waals surface area contributed by atoms with Crippen LogP contribution < -0.4 is 5.32 Å². The lowest BCUT2D eigenvalue weighted by Gasteiger charge is -2.27. The van der Waals surface area contributed by atoms with Crippen molar-refractivity contribution in [2.45, 2.75) is 64.5 Å². The number of hydrogen-bond donors (Lipinski definition) is 1. The maximum Gasteiger partial charge on any atom is 0.0323 e. The van der Waals surface area contributed by atoms with Crippen molar-refractivity contribution in [1.29, 1.82) is 0 Å². The van der Waals surface area contributed by atoms with Crippen molar-refractivity contribution in [3.05, 3.63) is 35.9 Å². The van der Waals surface area contributed by atoms with Crippen molar-refractivity contribution >= 4 is 0 Å². The van der Waals surface area contributed by atoms with Crippen LogP contribution in [0.1, 0.15) is 64.0 Å². The van der Waals surface area contributed by atoms with E-state index in [0.29, 0.717) is 12.1 Å². The lowest BCUT2D eigenvalue weighted by molar-refractivity contribution is 0.281. The van der Waals surface area contributed by atoms with Crippen LogP contribution in [-0.4, -0.2) is 30.6 Å². The predicted molar refractivity (Wildman–Crippen MR) is 91.6 cm³/mol. The van der Waals surface area contributed by atoms with Gasteiger partial charge in [-0.1, -0.05) is 56.5 Å². The number of benzene rings is 1. The predicted octanol–water partition coefficient (Wildman–Crippen LogP) is 4.38. The first-order chi connectivity index (χ1) is 10.3. The van der Waals surface area contributed by atoms with Crippen molar-refractivity contribution < 1.29 is 0 Å². The zero-order valence-electron chi connectivity index (χ0n) is 13.9. The summed E-state index contributed by atoms with van der Waals surface area (Å²) in [4.78, 5) is 2.60. The summed E-state index contributed by atoms with van der Waals surface area (Å²) in [5.74, 6) is 0. The molecule has 1 saturated heterocycles. The van der Waals surface area contributed by atoms with Gasteiger partial charge >= 0.3 is 0 Å². The quantitative estimate of drug-likeness (QED) is 0.678. The topological polar surface area (TPSA) is 15.3 Å². The standard InChI is InChI=1S/C19H32N2/c1-3-4-6-13-19(18-11-7-5-8-12-18)20-17(2)16-21-14-9-10-15-21/h5,7-8,11-12,17,19-20H,3-4,6,9-10,13-16H2,1-2H3. The van der Waals surface area contributed by atoms with E-state index in [9.17, 15) is 0 Å². The fraction of sp³-hybridized carbons (Fsp3) is 0.684. The SMILES string of the molecule is CCCCCC(NC(C)CN1CCCC1)c1ccccc1. The van der Waals surface area contributed by atoms with Gasteiger partial charge in [0.1, 0.15) is 0 Å². The van der Waals surface area contributed by atoms with Gasteiger partial charge in [0, 0.05) is 18.6 Å². The summed E-state index contributed by atoms with van der Waals surface area (Å²) in [6.45, 7) is 8.39. The Morgan fingerprint density at radius 3 is 2.48 bits per heavy atom. The Labute approximate surface area is 130 Å². The Bertz CT molecular complexity index is 370. The average Bonchev–Trinajstić information content (AvgIpc) is 3.00. The van der Waals surface area contributed by atoms with E-state index in [1.807, 2.05) is 0 Å². The molecular formula is C19H32N2. The highest BCUT2D eigenvalue weighted by atomic mass is 15.2. The van der Waals surface area contributed by atoms with E-state index >= 15 is 0 Å². The van der Waals surface area contributed by atoms with Crippen LogP contribution in [0.2, 0.25) is 0 Å². The highest BCUT2D eigenvalue weighted by molar-refractivity contribution is 5.19. The maximum absolute atomic E-state index is 3.88. The number of hydrogen-bond acceptors (Lipinski definition) is 2. The number of nitrogens with one attached hydrogen (secondary N) is 1. The third kappa shape index (κ3) is 5.80. The zero-order chi connectivity index (χ0) is 14.9. The summed E-state index contributed by atoms with van der Waals surface area (Å²) in [5, 5.41) is 3.88. The first-order valence-corrected chi connectivity index (χ1v) is 8.83. The van der Waals surface area contributed by atoms with E-state index < -0.39 is 0 Å². The Kier molecular flexibility index (Phi) is 7.25. The Morgan fingerprint density at radius 1 is 1.10 bits per heavy atom. The molecule has 2 heteroatoms. The molecule has 21 heavy (non-hydrogen) atoms. The molecule has 0 spiro atoms. The van der Waals surface area contributed by atoms with Crippen LogP contribution >= 0.6 is 0 Å². The molecule has 1 fully saturated rings. The van der Waals surface area contributed by atoms with E-state index in [0.717, 1.165) is 0 Å². The lowest BCUT2D eigenvalue weighted by atomic mass is 9.99. The summed E-state index contributed by atoms with van der Waals surface area (Å²) in [6.07, 6.45) is 7.97. The molecular weight excluding hydrogens is 256 g/mol. The first kappa shape index (κ1) is 16.5. The van der Waals surface area contributed by atoms with Crippen molar-refractivity contribution in [2.24, 2.45) is 0 Å². The zero-order valence-corrected chi connectivity index (χ0v) is 13.9. The number of rotatable bonds is 9. The molecule has 2 rings (SSSR count). The van der Waals surface area contributed by atoms with E-state index in [2.05, 4.69) is 54.4 Å². The van der Waals surface area contributed by atoms with E-state index in [4.69, 9.17) is 0 Å². The minimum Gasteiger partial charge on any atom is -0.306 e. The Hall–Kier alpha value is -0.860. The van der Waals surface area contributed by atoms with Crippen molar-refractivity contribution in [1.82, 2.24) is 10.2 Å². The summed E-state index contributed by atoms with van der Waals surface area (Å²) in [7, 11) is 0. The smallest absolute Gasteiger partial charge is 0.0323 e. The van der Waals surface area contributed by atoms with Crippen molar-refractivity contribution in [3.8, 4) is 0 Å². The highest BCUT2D eigenvalue weighted by Gasteiger charge is 2.18. The lowest BCUT2D eigenvalue weighted by Crippen LogP contribution is -2.39. The number of unbranched alkanes of at least 4 members (excludes halogenated alkanes) is 2. The van der Waals surface area contributed by atoms with Crippen LogP contribution in [0.3, 0.4) is 0 Å². The summed E-state index contributed by atoms with van der Waals surface area (Å²) in [6, 6.07) is 12.0. The van der Waals surface area contributed by atoms with Gasteiger partial charge in [0.25, 0.3) is 0 Å². The van der Waals surface area contributed by atoms with Crippen LogP contribution in [0.4, 0.5) is 0 Å². The molecule has 0 aromatic heterocycles. The second kappa shape index (κ2) is 9.22. The molecule has 1 N–H and O–H groups in total. The average molecular weight is 288 g/mol. The van der Waals surface area contributed by atoms with Crippen molar-refractivity contribution in [3.63, 3.8) is 0 Å². The van der Waals surface area contributed by atoms with Gasteiger partial charge in [-0.25, -0.2) is 0 Å². The molecule has 0 aliphatic carbocycles. The molecule has 0 radical (unpaired) electrons. The number of likely N-dealkylation sites (tertiary alicyclic amines) is 1. The molecule has 2 unspecified atom stereocenters. The molecule has 0 amide bonds. The molecule has 1 heterocycles. The van der Waals surface area contributed by atoms with Crippen LogP contribution in [0.15, 0.2) is 30.3 Å². The van der Waals surface area contributed by atoms with Gasteiger partial charge in [0.15, 0.2) is 0 Å². The third-order valence-electron chi connectivity index (χ3n) is 4.51. The maximum atomic E-state index is 3.88. The molecule has 1 aliphatic rings. The van der Waals surface area contributed by atoms with Gasteiger partial charge in [-0.3, -0.25) is 0 Å². The van der Waals surface area contributed by atoms with Gasteiger partial charge in [-0.2, -0.15) is 0 Å². The second-order valence-corrected chi connectivity index (χ2v) is 6.53. The molecule has 118 valence electrons. The van der Waals surface area contributed by atoms with Gasteiger partial charge in [0.2, 0.25) is 0 Å². The van der Waals surface area contributed by atoms with Crippen LogP contribution in [-0.2, 0) is 0 Å². The molecule has 2 atom stereocenters. The third-order valence-corrected chi connectivity index (χ3v) is 4.51. The molecule has 1 aliphatic heterocycles. The number of nitrogens with zero attached hydrogens (tertiary/aromatic N) is 1.